The van der Waals surface area contributed by atoms with Crippen LogP contribution in [0.1, 0.15) is 49.9 Å². The monoisotopic (exact) mass is 1210 g/mol. The highest BCUT2D eigenvalue weighted by molar-refractivity contribution is 6.03. The molecular formula is C77H60N16. The van der Waals surface area contributed by atoms with Crippen LogP contribution >= 0.6 is 0 Å². The summed E-state index contributed by atoms with van der Waals surface area (Å²) in [4.78, 5) is 41.6. The van der Waals surface area contributed by atoms with Crippen LogP contribution in [0.3, 0.4) is 0 Å². The van der Waals surface area contributed by atoms with Crippen molar-refractivity contribution in [3.05, 3.63) is 262 Å². The van der Waals surface area contributed by atoms with E-state index in [0.717, 1.165) is 165 Å². The van der Waals surface area contributed by atoms with E-state index in [4.69, 9.17) is 42.2 Å². The van der Waals surface area contributed by atoms with Crippen LogP contribution in [0.4, 0.5) is 17.5 Å². The number of nitrogens with two attached hydrogens (primary N) is 3. The summed E-state index contributed by atoms with van der Waals surface area (Å²) in [5.41, 5.74) is 38.2. The van der Waals surface area contributed by atoms with Crippen LogP contribution in [0.15, 0.2) is 256 Å². The van der Waals surface area contributed by atoms with E-state index in [1.54, 1.807) is 6.20 Å². The van der Waals surface area contributed by atoms with Crippen molar-refractivity contribution >= 4 is 77.7 Å². The maximum atomic E-state index is 6.32. The maximum absolute atomic E-state index is 6.32. The molecule has 0 radical (unpaired) electrons. The Morgan fingerprint density at radius 2 is 0.925 bits per heavy atom. The van der Waals surface area contributed by atoms with Crippen LogP contribution in [0.25, 0.3) is 133 Å². The predicted molar refractivity (Wildman–Crippen MR) is 373 cm³/mol. The Bertz CT molecular complexity index is 5500. The first-order valence-corrected chi connectivity index (χ1v) is 31.1. The summed E-state index contributed by atoms with van der Waals surface area (Å²) in [5.74, 6) is 2.81. The average molecular weight is 1210 g/mol. The Morgan fingerprint density at radius 1 is 0.441 bits per heavy atom. The van der Waals surface area contributed by atoms with E-state index in [0.29, 0.717) is 29.4 Å². The molecule has 93 heavy (non-hydrogen) atoms. The second kappa shape index (κ2) is 23.6. The third-order valence-electron chi connectivity index (χ3n) is 17.8. The topological polar surface area (TPSA) is 221 Å². The van der Waals surface area contributed by atoms with Crippen molar-refractivity contribution in [1.82, 2.24) is 63.6 Å². The Hall–Kier alpha value is -12.3. The molecule has 0 amide bonds. The number of anilines is 3. The molecule has 6 N–H and O–H groups in total. The largest absolute Gasteiger partial charge is 0.383 e. The first-order chi connectivity index (χ1) is 45.7. The van der Waals surface area contributed by atoms with Gasteiger partial charge in [-0.25, -0.2) is 49.5 Å². The molecule has 9 aromatic heterocycles. The molecule has 16 aromatic rings. The van der Waals surface area contributed by atoms with Crippen molar-refractivity contribution in [2.24, 2.45) is 0 Å². The Morgan fingerprint density at radius 3 is 1.45 bits per heavy atom. The fourth-order valence-corrected chi connectivity index (χ4v) is 12.7. The number of aromatic nitrogens is 13. The van der Waals surface area contributed by atoms with Gasteiger partial charge in [0.05, 0.1) is 50.4 Å². The average Bonchev–Trinajstić information content (AvgIpc) is 1.65. The van der Waals surface area contributed by atoms with E-state index < -0.39 is 0 Å². The molecule has 2 saturated carbocycles. The van der Waals surface area contributed by atoms with Crippen LogP contribution in [0.2, 0.25) is 0 Å². The van der Waals surface area contributed by atoms with Crippen LogP contribution < -0.4 is 17.2 Å². The molecule has 0 saturated heterocycles. The van der Waals surface area contributed by atoms with Crippen molar-refractivity contribution in [3.63, 3.8) is 0 Å². The van der Waals surface area contributed by atoms with Crippen molar-refractivity contribution in [2.75, 3.05) is 17.2 Å². The molecule has 2 aliphatic rings. The maximum Gasteiger partial charge on any atom is 0.164 e. The molecule has 0 bridgehead atoms. The fourth-order valence-electron chi connectivity index (χ4n) is 12.7. The van der Waals surface area contributed by atoms with Gasteiger partial charge in [-0.3, -0.25) is 4.40 Å². The number of para-hydroxylation sites is 1. The second-order valence-electron chi connectivity index (χ2n) is 23.7. The summed E-state index contributed by atoms with van der Waals surface area (Å²) in [7, 11) is 0. The van der Waals surface area contributed by atoms with Gasteiger partial charge in [0.2, 0.25) is 0 Å². The minimum absolute atomic E-state index is 0.374. The van der Waals surface area contributed by atoms with Crippen LogP contribution in [-0.4, -0.2) is 63.6 Å². The molecule has 0 unspecified atom stereocenters. The summed E-state index contributed by atoms with van der Waals surface area (Å²) in [6, 6.07) is 72.5. The van der Waals surface area contributed by atoms with Gasteiger partial charge in [-0.2, -0.15) is 5.10 Å². The van der Waals surface area contributed by atoms with E-state index in [1.807, 2.05) is 83.7 Å². The summed E-state index contributed by atoms with van der Waals surface area (Å²) < 4.78 is 6.18. The van der Waals surface area contributed by atoms with Crippen molar-refractivity contribution in [1.29, 1.82) is 0 Å². The summed E-state index contributed by atoms with van der Waals surface area (Å²) in [6.45, 7) is 4.08. The van der Waals surface area contributed by atoms with Gasteiger partial charge in [-0.15, -0.1) is 0 Å². The van der Waals surface area contributed by atoms with Gasteiger partial charge in [0.15, 0.2) is 11.3 Å². The van der Waals surface area contributed by atoms with E-state index in [-0.39, 0.29) is 0 Å². The van der Waals surface area contributed by atoms with Crippen molar-refractivity contribution in [3.8, 4) is 73.1 Å². The van der Waals surface area contributed by atoms with Gasteiger partial charge < -0.3 is 21.8 Å². The number of pyridine rings is 3. The highest BCUT2D eigenvalue weighted by atomic mass is 15.3. The molecule has 2 fully saturated rings. The standard InChI is InChI=1S/C27H19N5.C26H21N5.C24H20N6/c28-26-25-22(16-32(27(25)30-17-29-26)21-9-5-2-6-10-21)20-12-11-19-13-14-23(31-24(19)15-20)18-7-3-1-4-8-18;1-16-13-20(14-16)26-30-23(24-25(27)28-11-12-31(24)26)19-8-7-18-9-10-21(29-22(18)15-19)17-5-3-2-4-6-17;25-23-21-22(29-30(18-7-4-8-18)24(21)27-14-26-23)17-10-9-16-11-12-19(28-20(16)13-17)15-5-2-1-3-6-15/h1-17H,(H2,28,29,30);2-12,15,20H,1,13-14H2,(H2,27,28);1-3,5-6,9-14,18H,4,7-8H2,(H2,25,26,27). The molecule has 448 valence electrons. The van der Waals surface area contributed by atoms with E-state index >= 15 is 0 Å². The lowest BCUT2D eigenvalue weighted by atomic mass is 9.80. The number of nitrogens with zero attached hydrogens (tertiary/aromatic N) is 13. The fraction of sp³-hybridized carbons (Fsp3) is 0.0909. The SMILES string of the molecule is C=C1CC(c2nc(-c3ccc4ccc(-c5ccccc5)nc4c3)c3c(N)nccn23)C1.Nc1ncnc2c1c(-c1ccc3ccc(-c4ccccc4)nc3c1)cn2-c1ccccc1.Nc1ncnc2c1c(-c1ccc3ccc(-c4ccccc4)nc3c1)nn2C1CCC1. The van der Waals surface area contributed by atoms with Gasteiger partial charge in [-0.1, -0.05) is 176 Å². The highest BCUT2D eigenvalue weighted by Crippen LogP contribution is 2.43. The zero-order chi connectivity index (χ0) is 62.5. The van der Waals surface area contributed by atoms with E-state index in [2.05, 4.69) is 186 Å². The number of rotatable bonds is 9. The second-order valence-corrected chi connectivity index (χ2v) is 23.7. The predicted octanol–water partition coefficient (Wildman–Crippen LogP) is 16.5. The first kappa shape index (κ1) is 56.0. The number of nitrogen functional groups attached to an aromatic ring is 3. The third-order valence-corrected chi connectivity index (χ3v) is 17.8. The van der Waals surface area contributed by atoms with Gasteiger partial charge in [0.25, 0.3) is 0 Å². The molecule has 2 aliphatic carbocycles. The summed E-state index contributed by atoms with van der Waals surface area (Å²) >= 11 is 0. The zero-order valence-electron chi connectivity index (χ0n) is 50.5. The molecule has 18 rings (SSSR count). The van der Waals surface area contributed by atoms with Crippen molar-refractivity contribution < 1.29 is 0 Å². The third kappa shape index (κ3) is 10.5. The molecule has 9 heterocycles. The highest BCUT2D eigenvalue weighted by Gasteiger charge is 2.30. The molecule has 16 heteroatoms. The minimum Gasteiger partial charge on any atom is -0.383 e. The zero-order valence-corrected chi connectivity index (χ0v) is 50.5. The summed E-state index contributed by atoms with van der Waals surface area (Å²) in [6.07, 6.45) is 14.2. The minimum atomic E-state index is 0.374. The molecule has 0 spiro atoms. The number of imidazole rings is 1. The van der Waals surface area contributed by atoms with Gasteiger partial charge >= 0.3 is 0 Å². The number of fused-ring (bicyclic) bond motifs is 6. The smallest absolute Gasteiger partial charge is 0.164 e. The number of benzene rings is 7. The Balaban J connectivity index is 0.000000111. The lowest BCUT2D eigenvalue weighted by Gasteiger charge is -2.27. The number of allylic oxidation sites excluding steroid dienone is 1. The molecule has 16 nitrogen and oxygen atoms in total. The van der Waals surface area contributed by atoms with Gasteiger partial charge in [0.1, 0.15) is 52.8 Å². The molecule has 0 atom stereocenters. The lowest BCUT2D eigenvalue weighted by molar-refractivity contribution is 0.296. The Labute approximate surface area is 534 Å². The normalized spacial score (nSPS) is 13.2. The van der Waals surface area contributed by atoms with Crippen LogP contribution in [0, 0.1) is 0 Å². The lowest BCUT2D eigenvalue weighted by Crippen LogP contribution is -2.18. The van der Waals surface area contributed by atoms with Gasteiger partial charge in [0, 0.05) is 79.7 Å². The van der Waals surface area contributed by atoms with Crippen molar-refractivity contribution in [2.45, 2.75) is 44.1 Å². The quantitative estimate of drug-likeness (QED) is 0.115. The number of hydrogen-bond donors (Lipinski definition) is 3. The van der Waals surface area contributed by atoms with Crippen LogP contribution in [0.5, 0.6) is 0 Å². The summed E-state index contributed by atoms with van der Waals surface area (Å²) in [5, 5.41) is 9.87. The number of hydrogen-bond acceptors (Lipinski definition) is 13. The van der Waals surface area contributed by atoms with E-state index in [1.165, 1.54) is 24.6 Å². The van der Waals surface area contributed by atoms with Crippen LogP contribution in [-0.2, 0) is 0 Å². The molecular weight excluding hydrogens is 1150 g/mol. The Kier molecular flexibility index (Phi) is 14.2. The first-order valence-electron chi connectivity index (χ1n) is 31.1. The van der Waals surface area contributed by atoms with E-state index in [9.17, 15) is 0 Å². The molecule has 7 aromatic carbocycles. The molecule has 0 aliphatic heterocycles. The van der Waals surface area contributed by atoms with Gasteiger partial charge in [-0.05, 0) is 86.2 Å².